The van der Waals surface area contributed by atoms with E-state index in [1.54, 1.807) is 0 Å². The molecule has 1 heteroatoms. The van der Waals surface area contributed by atoms with Crippen LogP contribution in [0.1, 0.15) is 46.0 Å². The Kier molecular flexibility index (Phi) is 5.93. The summed E-state index contributed by atoms with van der Waals surface area (Å²) in [4.78, 5) is 0. The van der Waals surface area contributed by atoms with Gasteiger partial charge in [0, 0.05) is 6.54 Å². The van der Waals surface area contributed by atoms with Gasteiger partial charge in [-0.25, -0.2) is 0 Å². The van der Waals surface area contributed by atoms with Crippen LogP contribution in [0.5, 0.6) is 0 Å². The van der Waals surface area contributed by atoms with E-state index < -0.39 is 0 Å². The summed E-state index contributed by atoms with van der Waals surface area (Å²) in [6.07, 6.45) is 11.5. The minimum atomic E-state index is 0.947. The van der Waals surface area contributed by atoms with Crippen LogP contribution in [0.15, 0.2) is 12.2 Å². The lowest BCUT2D eigenvalue weighted by atomic mass is 9.81. The monoisotopic (exact) mass is 195 g/mol. The second-order valence-electron chi connectivity index (χ2n) is 4.52. The van der Waals surface area contributed by atoms with E-state index in [4.69, 9.17) is 0 Å². The van der Waals surface area contributed by atoms with Gasteiger partial charge in [-0.2, -0.15) is 0 Å². The number of hydrogen-bond donors (Lipinski definition) is 1. The maximum Gasteiger partial charge on any atom is 0.0134 e. The number of nitrogens with one attached hydrogen (secondary N) is 1. The first-order valence-electron chi connectivity index (χ1n) is 6.18. The lowest BCUT2D eigenvalue weighted by Crippen LogP contribution is -2.26. The van der Waals surface area contributed by atoms with Crippen LogP contribution in [-0.2, 0) is 0 Å². The highest BCUT2D eigenvalue weighted by atomic mass is 14.8. The van der Waals surface area contributed by atoms with Gasteiger partial charge in [-0.3, -0.25) is 0 Å². The third kappa shape index (κ3) is 4.28. The molecule has 1 saturated carbocycles. The predicted molar refractivity (Wildman–Crippen MR) is 63.4 cm³/mol. The molecule has 0 aliphatic heterocycles. The molecule has 14 heavy (non-hydrogen) atoms. The van der Waals surface area contributed by atoms with Crippen LogP contribution in [0.4, 0.5) is 0 Å². The first-order valence-corrected chi connectivity index (χ1v) is 6.18. The van der Waals surface area contributed by atoms with Gasteiger partial charge in [-0.1, -0.05) is 38.3 Å². The maximum atomic E-state index is 3.50. The van der Waals surface area contributed by atoms with Gasteiger partial charge in [0.1, 0.15) is 0 Å². The number of hydrogen-bond acceptors (Lipinski definition) is 1. The minimum absolute atomic E-state index is 0.947. The van der Waals surface area contributed by atoms with Gasteiger partial charge in [0.05, 0.1) is 0 Å². The fraction of sp³-hybridized carbons (Fsp3) is 0.846. The van der Waals surface area contributed by atoms with Crippen molar-refractivity contribution in [1.29, 1.82) is 0 Å². The van der Waals surface area contributed by atoms with Crippen molar-refractivity contribution in [2.45, 2.75) is 46.0 Å². The Balaban J connectivity index is 2.04. The van der Waals surface area contributed by atoms with Gasteiger partial charge in [0.15, 0.2) is 0 Å². The Morgan fingerprint density at radius 2 is 1.79 bits per heavy atom. The molecule has 0 radical (unpaired) electrons. The van der Waals surface area contributed by atoms with Crippen LogP contribution in [-0.4, -0.2) is 13.1 Å². The van der Waals surface area contributed by atoms with E-state index >= 15 is 0 Å². The Hall–Kier alpha value is -0.300. The van der Waals surface area contributed by atoms with Gasteiger partial charge in [-0.15, -0.1) is 0 Å². The third-order valence-corrected chi connectivity index (χ3v) is 3.47. The van der Waals surface area contributed by atoms with Crippen molar-refractivity contribution in [3.8, 4) is 0 Å². The Labute approximate surface area is 89.0 Å². The van der Waals surface area contributed by atoms with Crippen LogP contribution in [0.3, 0.4) is 0 Å². The fourth-order valence-corrected chi connectivity index (χ4v) is 2.33. The predicted octanol–water partition coefficient (Wildman–Crippen LogP) is 3.37. The van der Waals surface area contributed by atoms with Crippen LogP contribution >= 0.6 is 0 Å². The summed E-state index contributed by atoms with van der Waals surface area (Å²) in [6, 6.07) is 0. The molecule has 0 aromatic carbocycles. The molecular weight excluding hydrogens is 170 g/mol. The van der Waals surface area contributed by atoms with Gasteiger partial charge < -0.3 is 5.32 Å². The summed E-state index contributed by atoms with van der Waals surface area (Å²) in [6.45, 7) is 6.68. The number of allylic oxidation sites excluding steroid dienone is 1. The summed E-state index contributed by atoms with van der Waals surface area (Å²) in [5, 5.41) is 3.50. The number of rotatable bonds is 5. The van der Waals surface area contributed by atoms with E-state index in [9.17, 15) is 0 Å². The van der Waals surface area contributed by atoms with Crippen LogP contribution in [0.2, 0.25) is 0 Å². The molecule has 1 aliphatic rings. The highest BCUT2D eigenvalue weighted by molar-refractivity contribution is 4.80. The zero-order chi connectivity index (χ0) is 10.2. The van der Waals surface area contributed by atoms with E-state index in [-0.39, 0.29) is 0 Å². The second-order valence-corrected chi connectivity index (χ2v) is 4.52. The van der Waals surface area contributed by atoms with Crippen molar-refractivity contribution in [3.63, 3.8) is 0 Å². The van der Waals surface area contributed by atoms with E-state index in [1.165, 1.54) is 38.6 Å². The molecule has 0 spiro atoms. The molecule has 0 amide bonds. The Morgan fingerprint density at radius 3 is 2.36 bits per heavy atom. The molecule has 1 nitrogen and oxygen atoms in total. The first kappa shape index (κ1) is 11.8. The van der Waals surface area contributed by atoms with E-state index in [2.05, 4.69) is 31.3 Å². The van der Waals surface area contributed by atoms with Crippen LogP contribution < -0.4 is 5.32 Å². The molecule has 1 rings (SSSR count). The molecule has 82 valence electrons. The van der Waals surface area contributed by atoms with Crippen LogP contribution in [0.25, 0.3) is 0 Å². The van der Waals surface area contributed by atoms with Gasteiger partial charge in [0.25, 0.3) is 0 Å². The van der Waals surface area contributed by atoms with E-state index in [0.29, 0.717) is 0 Å². The lowest BCUT2D eigenvalue weighted by Gasteiger charge is -2.27. The highest BCUT2D eigenvalue weighted by Gasteiger charge is 2.18. The quantitative estimate of drug-likeness (QED) is 0.524. The van der Waals surface area contributed by atoms with Gasteiger partial charge >= 0.3 is 0 Å². The van der Waals surface area contributed by atoms with Crippen molar-refractivity contribution in [2.75, 3.05) is 13.1 Å². The van der Waals surface area contributed by atoms with Crippen molar-refractivity contribution >= 4 is 0 Å². The maximum absolute atomic E-state index is 3.50. The SMILES string of the molecule is C/C=C/CNCC1CCC(CC)CC1. The van der Waals surface area contributed by atoms with Crippen molar-refractivity contribution in [2.24, 2.45) is 11.8 Å². The van der Waals surface area contributed by atoms with Crippen molar-refractivity contribution in [3.05, 3.63) is 12.2 Å². The lowest BCUT2D eigenvalue weighted by molar-refractivity contribution is 0.264. The fourth-order valence-electron chi connectivity index (χ4n) is 2.33. The molecule has 0 heterocycles. The normalized spacial score (nSPS) is 28.4. The van der Waals surface area contributed by atoms with E-state index in [0.717, 1.165) is 18.4 Å². The summed E-state index contributed by atoms with van der Waals surface area (Å²) >= 11 is 0. The Morgan fingerprint density at radius 1 is 1.14 bits per heavy atom. The van der Waals surface area contributed by atoms with Gasteiger partial charge in [-0.05, 0) is 38.1 Å². The van der Waals surface area contributed by atoms with Crippen LogP contribution in [0, 0.1) is 11.8 Å². The highest BCUT2D eigenvalue weighted by Crippen LogP contribution is 2.29. The zero-order valence-corrected chi connectivity index (χ0v) is 9.76. The molecule has 0 saturated heterocycles. The molecule has 0 aromatic rings. The third-order valence-electron chi connectivity index (χ3n) is 3.47. The molecule has 1 N–H and O–H groups in total. The molecule has 0 aromatic heterocycles. The molecule has 0 bridgehead atoms. The first-order chi connectivity index (χ1) is 6.86. The average molecular weight is 195 g/mol. The standard InChI is InChI=1S/C13H25N/c1-3-5-10-14-11-13-8-6-12(4-2)7-9-13/h3,5,12-14H,4,6-11H2,1-2H3/b5-3+. The molecule has 0 unspecified atom stereocenters. The topological polar surface area (TPSA) is 12.0 Å². The molecule has 1 fully saturated rings. The Bertz CT molecular complexity index is 155. The summed E-state index contributed by atoms with van der Waals surface area (Å²) in [5.74, 6) is 1.98. The van der Waals surface area contributed by atoms with Crippen molar-refractivity contribution < 1.29 is 0 Å². The van der Waals surface area contributed by atoms with Gasteiger partial charge in [0.2, 0.25) is 0 Å². The largest absolute Gasteiger partial charge is 0.313 e. The van der Waals surface area contributed by atoms with Crippen molar-refractivity contribution in [1.82, 2.24) is 5.32 Å². The average Bonchev–Trinajstić information content (AvgIpc) is 2.25. The molecular formula is C13H25N. The summed E-state index contributed by atoms with van der Waals surface area (Å²) < 4.78 is 0. The molecule has 1 aliphatic carbocycles. The summed E-state index contributed by atoms with van der Waals surface area (Å²) in [7, 11) is 0. The molecule has 0 atom stereocenters. The minimum Gasteiger partial charge on any atom is -0.313 e. The second kappa shape index (κ2) is 7.05. The zero-order valence-electron chi connectivity index (χ0n) is 9.76. The van der Waals surface area contributed by atoms with E-state index in [1.807, 2.05) is 0 Å². The summed E-state index contributed by atoms with van der Waals surface area (Å²) in [5.41, 5.74) is 0. The smallest absolute Gasteiger partial charge is 0.0134 e.